The topological polar surface area (TPSA) is 114 Å². The first kappa shape index (κ1) is 16.8. The number of hydrogen-bond donors (Lipinski definition) is 2. The van der Waals surface area contributed by atoms with E-state index in [1.54, 1.807) is 37.2 Å². The van der Waals surface area contributed by atoms with E-state index < -0.39 is 11.9 Å². The molecule has 130 valence electrons. The Labute approximate surface area is 145 Å². The van der Waals surface area contributed by atoms with Gasteiger partial charge in [-0.1, -0.05) is 0 Å². The van der Waals surface area contributed by atoms with E-state index in [4.69, 9.17) is 5.73 Å². The van der Waals surface area contributed by atoms with E-state index in [2.05, 4.69) is 20.3 Å². The highest BCUT2D eigenvalue weighted by atomic mass is 16.2. The predicted molar refractivity (Wildman–Crippen MR) is 92.3 cm³/mol. The van der Waals surface area contributed by atoms with Crippen molar-refractivity contribution in [3.63, 3.8) is 0 Å². The average molecular weight is 340 g/mol. The van der Waals surface area contributed by atoms with Crippen LogP contribution in [-0.4, -0.2) is 44.3 Å². The largest absolute Gasteiger partial charge is 0.368 e. The fourth-order valence-corrected chi connectivity index (χ4v) is 2.72. The first-order chi connectivity index (χ1) is 12.0. The van der Waals surface area contributed by atoms with E-state index in [0.717, 1.165) is 16.8 Å². The molecule has 0 aromatic carbocycles. The second-order valence-electron chi connectivity index (χ2n) is 6.02. The summed E-state index contributed by atoms with van der Waals surface area (Å²) in [4.78, 5) is 38.2. The van der Waals surface area contributed by atoms with E-state index in [1.165, 1.54) is 0 Å². The van der Waals surface area contributed by atoms with Gasteiger partial charge in [0.1, 0.15) is 11.9 Å². The van der Waals surface area contributed by atoms with Crippen molar-refractivity contribution in [1.82, 2.24) is 19.9 Å². The lowest BCUT2D eigenvalue weighted by Gasteiger charge is -2.29. The minimum absolute atomic E-state index is 0.00667. The summed E-state index contributed by atoms with van der Waals surface area (Å²) >= 11 is 0. The Bertz CT molecular complexity index is 808. The van der Waals surface area contributed by atoms with Crippen LogP contribution in [-0.2, 0) is 22.6 Å². The van der Waals surface area contributed by atoms with Gasteiger partial charge in [-0.3, -0.25) is 14.6 Å². The van der Waals surface area contributed by atoms with Crippen molar-refractivity contribution in [2.45, 2.75) is 32.9 Å². The normalized spacial score (nSPS) is 14.6. The monoisotopic (exact) mass is 340 g/mol. The number of carbonyl (C=O) groups excluding carboxylic acids is 2. The molecule has 8 nitrogen and oxygen atoms in total. The average Bonchev–Trinajstić information content (AvgIpc) is 2.61. The lowest BCUT2D eigenvalue weighted by Crippen LogP contribution is -2.37. The van der Waals surface area contributed by atoms with Crippen molar-refractivity contribution < 1.29 is 9.59 Å². The molecule has 1 aliphatic heterocycles. The molecular weight excluding hydrogens is 320 g/mol. The number of pyridine rings is 1. The molecule has 0 aliphatic carbocycles. The van der Waals surface area contributed by atoms with Crippen LogP contribution < -0.4 is 11.1 Å². The van der Waals surface area contributed by atoms with Gasteiger partial charge in [0.15, 0.2) is 5.82 Å². The zero-order chi connectivity index (χ0) is 18.0. The maximum atomic E-state index is 11.7. The molecule has 0 spiro atoms. The Morgan fingerprint density at radius 2 is 2.16 bits per heavy atom. The van der Waals surface area contributed by atoms with E-state index in [0.29, 0.717) is 31.2 Å². The molecule has 8 heteroatoms. The van der Waals surface area contributed by atoms with Gasteiger partial charge < -0.3 is 16.0 Å². The minimum Gasteiger partial charge on any atom is -0.368 e. The predicted octanol–water partition coefficient (Wildman–Crippen LogP) is 0.729. The summed E-state index contributed by atoms with van der Waals surface area (Å²) in [5, 5.41) is 3.07. The summed E-state index contributed by atoms with van der Waals surface area (Å²) in [5.74, 6) is 0.624. The second-order valence-corrected chi connectivity index (χ2v) is 6.02. The fraction of sp³-hybridized carbons (Fsp3) is 0.353. The van der Waals surface area contributed by atoms with Crippen LogP contribution in [0, 0.1) is 0 Å². The van der Waals surface area contributed by atoms with Crippen LogP contribution >= 0.6 is 0 Å². The number of primary amides is 1. The van der Waals surface area contributed by atoms with Crippen LogP contribution in [0.3, 0.4) is 0 Å². The molecule has 0 radical (unpaired) electrons. The van der Waals surface area contributed by atoms with Gasteiger partial charge in [-0.05, 0) is 25.5 Å². The van der Waals surface area contributed by atoms with Crippen LogP contribution in [0.4, 0.5) is 5.82 Å². The molecule has 1 aliphatic rings. The molecule has 0 saturated carbocycles. The minimum atomic E-state index is -0.563. The number of hydrogen-bond acceptors (Lipinski definition) is 6. The van der Waals surface area contributed by atoms with Crippen molar-refractivity contribution >= 4 is 17.6 Å². The summed E-state index contributed by atoms with van der Waals surface area (Å²) in [6.07, 6.45) is 3.97. The first-order valence-corrected chi connectivity index (χ1v) is 8.07. The number of carbonyl (C=O) groups is 2. The molecule has 0 saturated heterocycles. The van der Waals surface area contributed by atoms with Crippen LogP contribution in [0.15, 0.2) is 24.5 Å². The molecule has 0 unspecified atom stereocenters. The first-order valence-electron chi connectivity index (χ1n) is 8.07. The van der Waals surface area contributed by atoms with Crippen molar-refractivity contribution in [2.75, 3.05) is 11.9 Å². The highest BCUT2D eigenvalue weighted by Gasteiger charge is 2.25. The fourth-order valence-electron chi connectivity index (χ4n) is 2.72. The van der Waals surface area contributed by atoms with Gasteiger partial charge in [-0.2, -0.15) is 0 Å². The maximum absolute atomic E-state index is 11.7. The number of rotatable bonds is 4. The van der Waals surface area contributed by atoms with E-state index in [-0.39, 0.29) is 5.91 Å². The third-order valence-corrected chi connectivity index (χ3v) is 4.21. The number of nitrogens with two attached hydrogens (primary N) is 1. The van der Waals surface area contributed by atoms with Gasteiger partial charge in [0.2, 0.25) is 11.8 Å². The zero-order valence-corrected chi connectivity index (χ0v) is 14.2. The zero-order valence-electron chi connectivity index (χ0n) is 14.2. The van der Waals surface area contributed by atoms with Gasteiger partial charge in [0.25, 0.3) is 0 Å². The third-order valence-electron chi connectivity index (χ3n) is 4.21. The van der Waals surface area contributed by atoms with Crippen LogP contribution in [0.1, 0.15) is 25.1 Å². The maximum Gasteiger partial charge on any atom is 0.239 e. The number of aromatic nitrogens is 3. The van der Waals surface area contributed by atoms with E-state index in [9.17, 15) is 9.59 Å². The van der Waals surface area contributed by atoms with Gasteiger partial charge >= 0.3 is 0 Å². The third kappa shape index (κ3) is 3.57. The molecule has 2 aromatic rings. The van der Waals surface area contributed by atoms with Gasteiger partial charge in [0.05, 0.1) is 12.2 Å². The quantitative estimate of drug-likeness (QED) is 0.848. The van der Waals surface area contributed by atoms with Crippen LogP contribution in [0.2, 0.25) is 0 Å². The van der Waals surface area contributed by atoms with E-state index in [1.807, 2.05) is 6.07 Å². The van der Waals surface area contributed by atoms with Gasteiger partial charge in [-0.15, -0.1) is 0 Å². The van der Waals surface area contributed by atoms with Crippen molar-refractivity contribution in [3.8, 4) is 11.4 Å². The Morgan fingerprint density at radius 3 is 2.80 bits per heavy atom. The molecule has 3 rings (SSSR count). The van der Waals surface area contributed by atoms with Crippen molar-refractivity contribution in [3.05, 3.63) is 35.8 Å². The van der Waals surface area contributed by atoms with Gasteiger partial charge in [-0.25, -0.2) is 9.97 Å². The molecule has 0 bridgehead atoms. The van der Waals surface area contributed by atoms with Crippen molar-refractivity contribution in [2.24, 2.45) is 5.73 Å². The molecule has 0 fully saturated rings. The van der Waals surface area contributed by atoms with Crippen molar-refractivity contribution in [1.29, 1.82) is 0 Å². The number of anilines is 1. The Kier molecular flexibility index (Phi) is 4.60. The molecule has 3 N–H and O–H groups in total. The Balaban J connectivity index is 2.05. The number of nitrogens with zero attached hydrogens (tertiary/aromatic N) is 4. The van der Waals surface area contributed by atoms with Crippen LogP contribution in [0.25, 0.3) is 11.4 Å². The Hall–Kier alpha value is -3.03. The smallest absolute Gasteiger partial charge is 0.239 e. The highest BCUT2D eigenvalue weighted by Crippen LogP contribution is 2.27. The molecule has 2 aromatic heterocycles. The molecule has 1 atom stereocenters. The Morgan fingerprint density at radius 1 is 1.36 bits per heavy atom. The SMILES string of the molecule is CC(=O)N1CCc2c(nc(-c3cccnc3)nc2N[C@@H](C)C(N)=O)C1. The summed E-state index contributed by atoms with van der Waals surface area (Å²) < 4.78 is 0. The summed E-state index contributed by atoms with van der Waals surface area (Å²) in [5.41, 5.74) is 7.81. The molecule has 3 heterocycles. The number of fused-ring (bicyclic) bond motifs is 1. The van der Waals surface area contributed by atoms with E-state index >= 15 is 0 Å². The summed E-state index contributed by atoms with van der Waals surface area (Å²) in [7, 11) is 0. The summed E-state index contributed by atoms with van der Waals surface area (Å²) in [6.45, 7) is 4.24. The second kappa shape index (κ2) is 6.84. The van der Waals surface area contributed by atoms with Crippen LogP contribution in [0.5, 0.6) is 0 Å². The molecule has 25 heavy (non-hydrogen) atoms. The molecular formula is C17H20N6O2. The lowest BCUT2D eigenvalue weighted by atomic mass is 10.0. The number of nitrogens with one attached hydrogen (secondary N) is 1. The summed E-state index contributed by atoms with van der Waals surface area (Å²) in [6, 6.07) is 3.10. The van der Waals surface area contributed by atoms with Gasteiger partial charge in [0, 0.05) is 37.0 Å². The molecule has 2 amide bonds. The standard InChI is InChI=1S/C17H20N6O2/c1-10(15(18)25)20-17-13-5-7-23(11(2)24)9-14(13)21-16(22-17)12-4-3-6-19-8-12/h3-4,6,8,10H,5,7,9H2,1-2H3,(H2,18,25)(H,20,21,22)/t10-/m0/s1. The lowest BCUT2D eigenvalue weighted by molar-refractivity contribution is -0.129. The number of amides is 2. The highest BCUT2D eigenvalue weighted by molar-refractivity contribution is 5.82.